The molecule has 1 saturated heterocycles. The molecule has 0 radical (unpaired) electrons. The van der Waals surface area contributed by atoms with Gasteiger partial charge in [-0.15, -0.1) is 0 Å². The van der Waals surface area contributed by atoms with E-state index in [0.29, 0.717) is 5.41 Å². The lowest BCUT2D eigenvalue weighted by Crippen LogP contribution is -2.50. The highest BCUT2D eigenvalue weighted by Crippen LogP contribution is 2.38. The van der Waals surface area contributed by atoms with Crippen molar-refractivity contribution in [2.45, 2.75) is 32.6 Å². The van der Waals surface area contributed by atoms with Crippen molar-refractivity contribution in [3.05, 3.63) is 29.8 Å². The van der Waals surface area contributed by atoms with Crippen molar-refractivity contribution in [2.24, 2.45) is 11.1 Å². The van der Waals surface area contributed by atoms with Crippen LogP contribution in [-0.2, 0) is 0 Å². The maximum atomic E-state index is 6.08. The number of hydrogen-bond donors (Lipinski definition) is 1. The van der Waals surface area contributed by atoms with Crippen molar-refractivity contribution in [1.82, 2.24) is 4.90 Å². The third-order valence-electron chi connectivity index (χ3n) is 5.40. The third-order valence-corrected chi connectivity index (χ3v) is 5.40. The molecular weight excluding hydrogens is 258 g/mol. The van der Waals surface area contributed by atoms with Crippen LogP contribution in [0.4, 0.5) is 5.69 Å². The summed E-state index contributed by atoms with van der Waals surface area (Å²) < 4.78 is 0. The lowest BCUT2D eigenvalue weighted by Gasteiger charge is -2.40. The first-order chi connectivity index (χ1) is 10.2. The van der Waals surface area contributed by atoms with Crippen LogP contribution in [0, 0.1) is 12.3 Å². The average Bonchev–Trinajstić information content (AvgIpc) is 2.97. The monoisotopic (exact) mass is 287 g/mol. The zero-order valence-electron chi connectivity index (χ0n) is 13.4. The van der Waals surface area contributed by atoms with Crippen LogP contribution in [0.3, 0.4) is 0 Å². The van der Waals surface area contributed by atoms with Gasteiger partial charge in [0.2, 0.25) is 0 Å². The molecule has 0 spiro atoms. The molecule has 0 aromatic heterocycles. The zero-order valence-corrected chi connectivity index (χ0v) is 13.4. The summed E-state index contributed by atoms with van der Waals surface area (Å²) in [6.07, 6.45) is 5.42. The summed E-state index contributed by atoms with van der Waals surface area (Å²) in [7, 11) is 0. The zero-order chi connectivity index (χ0) is 14.7. The molecule has 3 rings (SSSR count). The van der Waals surface area contributed by atoms with Crippen molar-refractivity contribution in [1.29, 1.82) is 0 Å². The van der Waals surface area contributed by atoms with Gasteiger partial charge in [0.25, 0.3) is 0 Å². The molecule has 1 aliphatic carbocycles. The molecule has 21 heavy (non-hydrogen) atoms. The summed E-state index contributed by atoms with van der Waals surface area (Å²) in [6, 6.07) is 8.87. The van der Waals surface area contributed by atoms with E-state index >= 15 is 0 Å². The second-order valence-corrected chi connectivity index (χ2v) is 7.01. The largest absolute Gasteiger partial charge is 0.369 e. The summed E-state index contributed by atoms with van der Waals surface area (Å²) >= 11 is 0. The molecule has 116 valence electrons. The first-order valence-corrected chi connectivity index (χ1v) is 8.45. The Kier molecular flexibility index (Phi) is 4.51. The van der Waals surface area contributed by atoms with Gasteiger partial charge in [-0.25, -0.2) is 0 Å². The summed E-state index contributed by atoms with van der Waals surface area (Å²) in [5.74, 6) is 0. The second kappa shape index (κ2) is 6.37. The van der Waals surface area contributed by atoms with E-state index in [1.165, 1.54) is 56.6 Å². The maximum absolute atomic E-state index is 6.08. The highest BCUT2D eigenvalue weighted by molar-refractivity contribution is 5.48. The van der Waals surface area contributed by atoms with Gasteiger partial charge in [-0.1, -0.05) is 25.0 Å². The van der Waals surface area contributed by atoms with E-state index in [9.17, 15) is 0 Å². The van der Waals surface area contributed by atoms with Gasteiger partial charge in [-0.3, -0.25) is 4.90 Å². The van der Waals surface area contributed by atoms with Gasteiger partial charge in [0, 0.05) is 38.4 Å². The molecule has 1 aromatic rings. The first-order valence-electron chi connectivity index (χ1n) is 8.45. The molecule has 1 saturated carbocycles. The minimum absolute atomic E-state index is 0.422. The van der Waals surface area contributed by atoms with Crippen LogP contribution in [0.2, 0.25) is 0 Å². The van der Waals surface area contributed by atoms with Crippen molar-refractivity contribution < 1.29 is 0 Å². The number of anilines is 1. The van der Waals surface area contributed by atoms with Gasteiger partial charge in [0.15, 0.2) is 0 Å². The van der Waals surface area contributed by atoms with Crippen molar-refractivity contribution in [2.75, 3.05) is 44.2 Å². The van der Waals surface area contributed by atoms with Gasteiger partial charge < -0.3 is 10.6 Å². The Morgan fingerprint density at radius 1 is 1.10 bits per heavy atom. The molecule has 3 nitrogen and oxygen atoms in total. The molecule has 1 aromatic carbocycles. The topological polar surface area (TPSA) is 32.5 Å². The normalized spacial score (nSPS) is 22.7. The maximum Gasteiger partial charge on any atom is 0.0369 e. The Bertz CT molecular complexity index is 457. The summed E-state index contributed by atoms with van der Waals surface area (Å²) in [5.41, 5.74) is 9.23. The Balaban J connectivity index is 1.55. The molecule has 0 bridgehead atoms. The Hall–Kier alpha value is -1.06. The number of hydrogen-bond acceptors (Lipinski definition) is 3. The molecular formula is C18H29N3. The van der Waals surface area contributed by atoms with Gasteiger partial charge in [-0.2, -0.15) is 0 Å². The fourth-order valence-corrected chi connectivity index (χ4v) is 4.01. The van der Waals surface area contributed by atoms with E-state index in [1.807, 2.05) is 0 Å². The Morgan fingerprint density at radius 2 is 1.81 bits per heavy atom. The number of rotatable bonds is 4. The van der Waals surface area contributed by atoms with Gasteiger partial charge in [-0.05, 0) is 49.4 Å². The lowest BCUT2D eigenvalue weighted by molar-refractivity contribution is 0.151. The van der Waals surface area contributed by atoms with Crippen LogP contribution in [0.5, 0.6) is 0 Å². The quantitative estimate of drug-likeness (QED) is 0.924. The summed E-state index contributed by atoms with van der Waals surface area (Å²) in [6.45, 7) is 8.89. The van der Waals surface area contributed by atoms with E-state index in [0.717, 1.165) is 19.6 Å². The Labute approximate surface area is 129 Å². The summed E-state index contributed by atoms with van der Waals surface area (Å²) in [4.78, 5) is 5.16. The van der Waals surface area contributed by atoms with Crippen molar-refractivity contribution in [3.8, 4) is 0 Å². The summed E-state index contributed by atoms with van der Waals surface area (Å²) in [5, 5.41) is 0. The third kappa shape index (κ3) is 3.41. The number of benzene rings is 1. The molecule has 0 atom stereocenters. The van der Waals surface area contributed by atoms with E-state index < -0.39 is 0 Å². The predicted octanol–water partition coefficient (Wildman–Crippen LogP) is 2.64. The number of aryl methyl sites for hydroxylation is 1. The van der Waals surface area contributed by atoms with E-state index in [4.69, 9.17) is 5.73 Å². The number of nitrogens with two attached hydrogens (primary N) is 1. The molecule has 2 fully saturated rings. The van der Waals surface area contributed by atoms with Crippen LogP contribution >= 0.6 is 0 Å². The molecule has 3 heteroatoms. The highest BCUT2D eigenvalue weighted by atomic mass is 15.3. The van der Waals surface area contributed by atoms with Crippen molar-refractivity contribution >= 4 is 5.69 Å². The van der Waals surface area contributed by atoms with E-state index in [2.05, 4.69) is 41.0 Å². The van der Waals surface area contributed by atoms with E-state index in [-0.39, 0.29) is 0 Å². The van der Waals surface area contributed by atoms with Crippen LogP contribution in [0.1, 0.15) is 31.2 Å². The molecule has 1 aliphatic heterocycles. The Morgan fingerprint density at radius 3 is 2.43 bits per heavy atom. The predicted molar refractivity (Wildman–Crippen MR) is 89.8 cm³/mol. The fraction of sp³-hybridized carbons (Fsp3) is 0.667. The average molecular weight is 287 g/mol. The second-order valence-electron chi connectivity index (χ2n) is 7.01. The SMILES string of the molecule is Cc1cccc(N2CCN(CC3(CN)CCCC3)CC2)c1. The van der Waals surface area contributed by atoms with Gasteiger partial charge in [0.05, 0.1) is 0 Å². The smallest absolute Gasteiger partial charge is 0.0369 e. The highest BCUT2D eigenvalue weighted by Gasteiger charge is 2.34. The standard InChI is InChI=1S/C18H29N3/c1-16-5-4-6-17(13-16)21-11-9-20(10-12-21)15-18(14-19)7-2-3-8-18/h4-6,13H,2-3,7-12,14-15,19H2,1H3. The lowest BCUT2D eigenvalue weighted by atomic mass is 9.85. The van der Waals surface area contributed by atoms with E-state index in [1.54, 1.807) is 0 Å². The minimum Gasteiger partial charge on any atom is -0.369 e. The first kappa shape index (κ1) is 14.9. The van der Waals surface area contributed by atoms with Crippen LogP contribution in [0.25, 0.3) is 0 Å². The number of piperazine rings is 1. The molecule has 2 aliphatic rings. The minimum atomic E-state index is 0.422. The van der Waals surface area contributed by atoms with Crippen LogP contribution in [-0.4, -0.2) is 44.2 Å². The molecule has 2 N–H and O–H groups in total. The molecule has 0 unspecified atom stereocenters. The number of nitrogens with zero attached hydrogens (tertiary/aromatic N) is 2. The van der Waals surface area contributed by atoms with Gasteiger partial charge in [0.1, 0.15) is 0 Å². The van der Waals surface area contributed by atoms with Crippen LogP contribution in [0.15, 0.2) is 24.3 Å². The van der Waals surface area contributed by atoms with Gasteiger partial charge >= 0.3 is 0 Å². The fourth-order valence-electron chi connectivity index (χ4n) is 4.01. The van der Waals surface area contributed by atoms with Crippen LogP contribution < -0.4 is 10.6 Å². The molecule has 1 heterocycles. The van der Waals surface area contributed by atoms with Crippen molar-refractivity contribution in [3.63, 3.8) is 0 Å². The molecule has 0 amide bonds.